The van der Waals surface area contributed by atoms with Crippen molar-refractivity contribution in [3.05, 3.63) is 29.3 Å². The normalized spacial score (nSPS) is 15.6. The van der Waals surface area contributed by atoms with Gasteiger partial charge in [-0.3, -0.25) is 9.59 Å². The Kier molecular flexibility index (Phi) is 3.23. The second kappa shape index (κ2) is 4.68. The Bertz CT molecular complexity index is 499. The maximum absolute atomic E-state index is 12.2. The van der Waals surface area contributed by atoms with Gasteiger partial charge in [-0.1, -0.05) is 12.1 Å². The maximum atomic E-state index is 12.2. The number of amides is 1. The monoisotopic (exact) mass is 248 g/mol. The van der Waals surface area contributed by atoms with E-state index in [4.69, 9.17) is 10.8 Å². The summed E-state index contributed by atoms with van der Waals surface area (Å²) in [6.07, 6.45) is 0.520. The van der Waals surface area contributed by atoms with E-state index in [0.29, 0.717) is 24.2 Å². The molecule has 96 valence electrons. The second-order valence-corrected chi connectivity index (χ2v) is 4.60. The van der Waals surface area contributed by atoms with Gasteiger partial charge in [0.15, 0.2) is 0 Å². The van der Waals surface area contributed by atoms with E-state index in [1.54, 1.807) is 11.0 Å². The van der Waals surface area contributed by atoms with Crippen molar-refractivity contribution in [2.75, 3.05) is 5.73 Å². The van der Waals surface area contributed by atoms with Crippen LogP contribution in [0.5, 0.6) is 0 Å². The Morgan fingerprint density at radius 2 is 2.28 bits per heavy atom. The van der Waals surface area contributed by atoms with Crippen molar-refractivity contribution in [1.82, 2.24) is 4.90 Å². The predicted molar refractivity (Wildman–Crippen MR) is 67.1 cm³/mol. The molecule has 1 amide bonds. The summed E-state index contributed by atoms with van der Waals surface area (Å²) < 4.78 is 0. The minimum absolute atomic E-state index is 0.0662. The first kappa shape index (κ1) is 12.4. The molecule has 1 aromatic rings. The molecule has 0 saturated carbocycles. The highest BCUT2D eigenvalue weighted by Crippen LogP contribution is 2.29. The zero-order valence-corrected chi connectivity index (χ0v) is 10.2. The number of anilines is 1. The van der Waals surface area contributed by atoms with Gasteiger partial charge in [0, 0.05) is 24.7 Å². The zero-order chi connectivity index (χ0) is 13.3. The largest absolute Gasteiger partial charge is 0.481 e. The fourth-order valence-corrected chi connectivity index (χ4v) is 2.26. The van der Waals surface area contributed by atoms with E-state index in [1.807, 2.05) is 19.1 Å². The zero-order valence-electron chi connectivity index (χ0n) is 10.2. The number of carboxylic acids is 1. The summed E-state index contributed by atoms with van der Waals surface area (Å²) >= 11 is 0. The molecule has 0 fully saturated rings. The molecule has 1 unspecified atom stereocenters. The summed E-state index contributed by atoms with van der Waals surface area (Å²) in [4.78, 5) is 24.4. The molecule has 5 heteroatoms. The SMILES string of the molecule is CC(CCC(=O)O)N1Cc2cccc(N)c2C1=O. The fourth-order valence-electron chi connectivity index (χ4n) is 2.26. The Labute approximate surface area is 105 Å². The Hall–Kier alpha value is -2.04. The van der Waals surface area contributed by atoms with E-state index in [0.717, 1.165) is 5.56 Å². The van der Waals surface area contributed by atoms with E-state index in [-0.39, 0.29) is 18.4 Å². The van der Waals surface area contributed by atoms with Crippen LogP contribution in [0.4, 0.5) is 5.69 Å². The van der Waals surface area contributed by atoms with Gasteiger partial charge in [-0.05, 0) is 25.0 Å². The smallest absolute Gasteiger partial charge is 0.303 e. The van der Waals surface area contributed by atoms with Crippen molar-refractivity contribution in [3.8, 4) is 0 Å². The van der Waals surface area contributed by atoms with Gasteiger partial charge in [-0.2, -0.15) is 0 Å². The quantitative estimate of drug-likeness (QED) is 0.790. The highest BCUT2D eigenvalue weighted by Gasteiger charge is 2.32. The number of carboxylic acid groups (broad SMARTS) is 1. The van der Waals surface area contributed by atoms with Gasteiger partial charge in [0.1, 0.15) is 0 Å². The highest BCUT2D eigenvalue weighted by atomic mass is 16.4. The number of hydrogen-bond donors (Lipinski definition) is 2. The van der Waals surface area contributed by atoms with Crippen LogP contribution in [0.15, 0.2) is 18.2 Å². The first-order valence-corrected chi connectivity index (χ1v) is 5.91. The Morgan fingerprint density at radius 3 is 2.89 bits per heavy atom. The van der Waals surface area contributed by atoms with E-state index in [9.17, 15) is 9.59 Å². The number of carbonyl (C=O) groups is 2. The molecule has 1 aliphatic rings. The molecule has 0 saturated heterocycles. The van der Waals surface area contributed by atoms with Gasteiger partial charge in [0.25, 0.3) is 5.91 Å². The average molecular weight is 248 g/mol. The van der Waals surface area contributed by atoms with Crippen molar-refractivity contribution in [1.29, 1.82) is 0 Å². The molecule has 2 rings (SSSR count). The summed E-state index contributed by atoms with van der Waals surface area (Å²) in [5, 5.41) is 8.67. The van der Waals surface area contributed by atoms with E-state index in [2.05, 4.69) is 0 Å². The molecule has 18 heavy (non-hydrogen) atoms. The van der Waals surface area contributed by atoms with Crippen LogP contribution in [0.25, 0.3) is 0 Å². The topological polar surface area (TPSA) is 83.6 Å². The van der Waals surface area contributed by atoms with Gasteiger partial charge in [-0.15, -0.1) is 0 Å². The summed E-state index contributed by atoms with van der Waals surface area (Å²) in [6.45, 7) is 2.38. The van der Waals surface area contributed by atoms with Crippen LogP contribution in [0, 0.1) is 0 Å². The molecular formula is C13H16N2O3. The Morgan fingerprint density at radius 1 is 1.56 bits per heavy atom. The van der Waals surface area contributed by atoms with Crippen molar-refractivity contribution < 1.29 is 14.7 Å². The number of nitrogen functional groups attached to an aromatic ring is 1. The molecule has 1 aromatic carbocycles. The van der Waals surface area contributed by atoms with Crippen molar-refractivity contribution in [3.63, 3.8) is 0 Å². The molecule has 5 nitrogen and oxygen atoms in total. The molecule has 0 aromatic heterocycles. The Balaban J connectivity index is 2.14. The maximum Gasteiger partial charge on any atom is 0.303 e. The van der Waals surface area contributed by atoms with Crippen molar-refractivity contribution in [2.24, 2.45) is 0 Å². The molecule has 0 bridgehead atoms. The first-order chi connectivity index (χ1) is 8.50. The predicted octanol–water partition coefficient (Wildman–Crippen LogP) is 1.48. The molecule has 0 radical (unpaired) electrons. The first-order valence-electron chi connectivity index (χ1n) is 5.91. The fraction of sp³-hybridized carbons (Fsp3) is 0.385. The number of hydrogen-bond acceptors (Lipinski definition) is 3. The van der Waals surface area contributed by atoms with Crippen LogP contribution in [-0.4, -0.2) is 27.9 Å². The third-order valence-electron chi connectivity index (χ3n) is 3.31. The highest BCUT2D eigenvalue weighted by molar-refractivity contribution is 6.03. The third kappa shape index (κ3) is 2.16. The molecular weight excluding hydrogens is 232 g/mol. The van der Waals surface area contributed by atoms with Gasteiger partial charge >= 0.3 is 5.97 Å². The lowest BCUT2D eigenvalue weighted by molar-refractivity contribution is -0.137. The molecule has 0 spiro atoms. The lowest BCUT2D eigenvalue weighted by Gasteiger charge is -2.23. The lowest BCUT2D eigenvalue weighted by Crippen LogP contribution is -2.33. The van der Waals surface area contributed by atoms with Crippen molar-refractivity contribution in [2.45, 2.75) is 32.4 Å². The minimum Gasteiger partial charge on any atom is -0.481 e. The number of aliphatic carboxylic acids is 1. The number of benzene rings is 1. The summed E-state index contributed by atoms with van der Waals surface area (Å²) in [5.41, 5.74) is 7.78. The van der Waals surface area contributed by atoms with Gasteiger partial charge < -0.3 is 15.7 Å². The van der Waals surface area contributed by atoms with Gasteiger partial charge in [0.2, 0.25) is 0 Å². The molecule has 1 aliphatic heterocycles. The minimum atomic E-state index is -0.842. The molecule has 1 heterocycles. The van der Waals surface area contributed by atoms with E-state index < -0.39 is 5.97 Å². The van der Waals surface area contributed by atoms with Crippen LogP contribution in [0.2, 0.25) is 0 Å². The number of rotatable bonds is 4. The molecule has 3 N–H and O–H groups in total. The van der Waals surface area contributed by atoms with Crippen LogP contribution in [0.1, 0.15) is 35.7 Å². The van der Waals surface area contributed by atoms with Crippen LogP contribution < -0.4 is 5.73 Å². The molecule has 0 aliphatic carbocycles. The standard InChI is InChI=1S/C13H16N2O3/c1-8(5-6-11(16)17)15-7-9-3-2-4-10(14)12(9)13(15)18/h2-4,8H,5-7,14H2,1H3,(H,16,17). The van der Waals surface area contributed by atoms with Gasteiger partial charge in [0.05, 0.1) is 5.56 Å². The van der Waals surface area contributed by atoms with Crippen molar-refractivity contribution >= 4 is 17.6 Å². The van der Waals surface area contributed by atoms with Gasteiger partial charge in [-0.25, -0.2) is 0 Å². The summed E-state index contributed by atoms with van der Waals surface area (Å²) in [7, 11) is 0. The third-order valence-corrected chi connectivity index (χ3v) is 3.31. The van der Waals surface area contributed by atoms with Crippen LogP contribution in [-0.2, 0) is 11.3 Å². The van der Waals surface area contributed by atoms with Crippen LogP contribution >= 0.6 is 0 Å². The number of fused-ring (bicyclic) bond motifs is 1. The number of nitrogens with two attached hydrogens (primary N) is 1. The van der Waals surface area contributed by atoms with Crippen LogP contribution in [0.3, 0.4) is 0 Å². The second-order valence-electron chi connectivity index (χ2n) is 4.60. The number of nitrogens with zero attached hydrogens (tertiary/aromatic N) is 1. The lowest BCUT2D eigenvalue weighted by atomic mass is 10.1. The number of carbonyl (C=O) groups excluding carboxylic acids is 1. The molecule has 1 atom stereocenters. The van der Waals surface area contributed by atoms with E-state index >= 15 is 0 Å². The van der Waals surface area contributed by atoms with E-state index in [1.165, 1.54) is 0 Å². The summed E-state index contributed by atoms with van der Waals surface area (Å²) in [6, 6.07) is 5.32. The average Bonchev–Trinajstić information content (AvgIpc) is 2.65. The summed E-state index contributed by atoms with van der Waals surface area (Å²) in [5.74, 6) is -0.938.